The SMILES string of the molecule is CCCCNC(=O)C1(c2ccc(NS(=O)(=O)c3ccc(CC(C)C)cc3)cc2)CC1.O=C(O)C(F)(F)F. The van der Waals surface area contributed by atoms with E-state index in [0.717, 1.165) is 43.2 Å². The molecule has 1 amide bonds. The summed E-state index contributed by atoms with van der Waals surface area (Å²) >= 11 is 0. The van der Waals surface area contributed by atoms with E-state index in [9.17, 15) is 26.4 Å². The molecule has 3 rings (SSSR count). The van der Waals surface area contributed by atoms with Crippen molar-refractivity contribution in [1.82, 2.24) is 5.32 Å². The molecule has 0 heterocycles. The van der Waals surface area contributed by atoms with E-state index in [-0.39, 0.29) is 10.8 Å². The van der Waals surface area contributed by atoms with Crippen LogP contribution in [0.25, 0.3) is 0 Å². The minimum atomic E-state index is -5.08. The number of rotatable bonds is 10. The summed E-state index contributed by atoms with van der Waals surface area (Å²) in [6.07, 6.45) is -0.482. The van der Waals surface area contributed by atoms with Crippen molar-refractivity contribution >= 4 is 27.6 Å². The fraction of sp³-hybridized carbons (Fsp3) is 0.462. The first-order chi connectivity index (χ1) is 17.2. The van der Waals surface area contributed by atoms with E-state index in [4.69, 9.17) is 9.90 Å². The highest BCUT2D eigenvalue weighted by molar-refractivity contribution is 7.92. The molecule has 0 unspecified atom stereocenters. The van der Waals surface area contributed by atoms with Crippen molar-refractivity contribution in [2.45, 2.75) is 69.4 Å². The van der Waals surface area contributed by atoms with Crippen molar-refractivity contribution in [3.05, 3.63) is 59.7 Å². The highest BCUT2D eigenvalue weighted by atomic mass is 32.2. The van der Waals surface area contributed by atoms with Crippen LogP contribution in [0.2, 0.25) is 0 Å². The Morgan fingerprint density at radius 3 is 2.00 bits per heavy atom. The highest BCUT2D eigenvalue weighted by Gasteiger charge is 2.51. The van der Waals surface area contributed by atoms with Crippen LogP contribution in [-0.4, -0.2) is 38.1 Å². The quantitative estimate of drug-likeness (QED) is 0.354. The third-order valence-electron chi connectivity index (χ3n) is 5.81. The Balaban J connectivity index is 0.000000604. The maximum atomic E-state index is 12.7. The zero-order valence-electron chi connectivity index (χ0n) is 21.1. The van der Waals surface area contributed by atoms with Crippen LogP contribution in [0.1, 0.15) is 57.6 Å². The Kier molecular flexibility index (Phi) is 10.1. The van der Waals surface area contributed by atoms with Gasteiger partial charge in [0, 0.05) is 12.2 Å². The molecule has 1 aliphatic rings. The number of carbonyl (C=O) groups is 2. The number of amides is 1. The molecule has 2 aromatic carbocycles. The van der Waals surface area contributed by atoms with Crippen LogP contribution >= 0.6 is 0 Å². The van der Waals surface area contributed by atoms with Gasteiger partial charge in [-0.15, -0.1) is 0 Å². The lowest BCUT2D eigenvalue weighted by Crippen LogP contribution is -2.35. The number of unbranched alkanes of at least 4 members (excludes halogenated alkanes) is 1. The molecule has 0 atom stereocenters. The molecule has 3 N–H and O–H groups in total. The van der Waals surface area contributed by atoms with E-state index in [1.165, 1.54) is 0 Å². The third kappa shape index (κ3) is 8.77. The number of benzene rings is 2. The van der Waals surface area contributed by atoms with Crippen molar-refractivity contribution in [3.63, 3.8) is 0 Å². The Bertz CT molecular complexity index is 1160. The summed E-state index contributed by atoms with van der Waals surface area (Å²) in [7, 11) is -3.65. The van der Waals surface area contributed by atoms with Crippen LogP contribution in [0, 0.1) is 5.92 Å². The first kappa shape index (κ1) is 30.1. The van der Waals surface area contributed by atoms with Gasteiger partial charge in [-0.3, -0.25) is 9.52 Å². The number of alkyl halides is 3. The molecule has 0 radical (unpaired) electrons. The predicted octanol–water partition coefficient (Wildman–Crippen LogP) is 5.27. The standard InChI is InChI=1S/C24H32N2O3S.C2HF3O2/c1-4-5-16-25-23(27)24(14-15-24)20-8-10-21(11-9-20)26-30(28,29)22-12-6-19(7-13-22)17-18(2)3;3-2(4,5)1(6)7/h6-13,18,26H,4-5,14-17H2,1-3H3,(H,25,27);(H,6,7). The second kappa shape index (κ2) is 12.4. The highest BCUT2D eigenvalue weighted by Crippen LogP contribution is 2.48. The van der Waals surface area contributed by atoms with Crippen LogP contribution < -0.4 is 10.0 Å². The Morgan fingerprint density at radius 1 is 1.03 bits per heavy atom. The van der Waals surface area contributed by atoms with Crippen LogP contribution in [0.3, 0.4) is 0 Å². The molecule has 11 heteroatoms. The molecule has 0 aliphatic heterocycles. The van der Waals surface area contributed by atoms with E-state index < -0.39 is 27.6 Å². The van der Waals surface area contributed by atoms with E-state index in [1.54, 1.807) is 24.3 Å². The molecule has 1 saturated carbocycles. The summed E-state index contributed by atoms with van der Waals surface area (Å²) in [6.45, 7) is 7.07. The minimum absolute atomic E-state index is 0.0748. The number of carboxylic acid groups (broad SMARTS) is 1. The van der Waals surface area contributed by atoms with Gasteiger partial charge in [0.05, 0.1) is 10.3 Å². The molecule has 2 aromatic rings. The number of hydrogen-bond acceptors (Lipinski definition) is 4. The van der Waals surface area contributed by atoms with Gasteiger partial charge in [-0.1, -0.05) is 51.5 Å². The normalized spacial score (nSPS) is 14.4. The number of nitrogens with one attached hydrogen (secondary N) is 2. The summed E-state index contributed by atoms with van der Waals surface area (Å²) in [5.41, 5.74) is 2.11. The number of halogens is 3. The van der Waals surface area contributed by atoms with Crippen LogP contribution in [-0.2, 0) is 31.4 Å². The van der Waals surface area contributed by atoms with Gasteiger partial charge >= 0.3 is 12.1 Å². The van der Waals surface area contributed by atoms with Crippen molar-refractivity contribution < 1.29 is 36.3 Å². The molecule has 37 heavy (non-hydrogen) atoms. The monoisotopic (exact) mass is 542 g/mol. The number of sulfonamides is 1. The summed E-state index contributed by atoms with van der Waals surface area (Å²) in [6, 6.07) is 14.2. The van der Waals surface area contributed by atoms with E-state index in [2.05, 4.69) is 30.8 Å². The maximum Gasteiger partial charge on any atom is 0.490 e. The van der Waals surface area contributed by atoms with Crippen molar-refractivity contribution in [2.75, 3.05) is 11.3 Å². The third-order valence-corrected chi connectivity index (χ3v) is 7.21. The zero-order valence-corrected chi connectivity index (χ0v) is 21.9. The Labute approximate surface area is 215 Å². The van der Waals surface area contributed by atoms with Gasteiger partial charge in [-0.25, -0.2) is 13.2 Å². The van der Waals surface area contributed by atoms with E-state index >= 15 is 0 Å². The summed E-state index contributed by atoms with van der Waals surface area (Å²) < 4.78 is 59.8. The molecule has 0 saturated heterocycles. The first-order valence-corrected chi connectivity index (χ1v) is 13.5. The number of aliphatic carboxylic acids is 1. The second-order valence-electron chi connectivity index (χ2n) is 9.42. The van der Waals surface area contributed by atoms with Gasteiger partial charge < -0.3 is 10.4 Å². The zero-order chi connectivity index (χ0) is 27.9. The van der Waals surface area contributed by atoms with Gasteiger partial charge in [0.2, 0.25) is 5.91 Å². The van der Waals surface area contributed by atoms with Gasteiger partial charge in [0.15, 0.2) is 0 Å². The lowest BCUT2D eigenvalue weighted by molar-refractivity contribution is -0.192. The molecule has 7 nitrogen and oxygen atoms in total. The predicted molar refractivity (Wildman–Crippen MR) is 135 cm³/mol. The topological polar surface area (TPSA) is 113 Å². The van der Waals surface area contributed by atoms with Crippen molar-refractivity contribution in [1.29, 1.82) is 0 Å². The Morgan fingerprint density at radius 2 is 1.57 bits per heavy atom. The van der Waals surface area contributed by atoms with Crippen molar-refractivity contribution in [2.24, 2.45) is 5.92 Å². The number of carboxylic acids is 1. The first-order valence-electron chi connectivity index (χ1n) is 12.0. The summed E-state index contributed by atoms with van der Waals surface area (Å²) in [5, 5.41) is 10.1. The maximum absolute atomic E-state index is 12.7. The van der Waals surface area contributed by atoms with Gasteiger partial charge in [0.25, 0.3) is 10.0 Å². The Hall–Kier alpha value is -3.08. The van der Waals surface area contributed by atoms with Gasteiger partial charge in [0.1, 0.15) is 0 Å². The molecule has 0 bridgehead atoms. The molecule has 204 valence electrons. The molecular formula is C26H33F3N2O5S. The van der Waals surface area contributed by atoms with Gasteiger partial charge in [-0.2, -0.15) is 13.2 Å². The number of carbonyl (C=O) groups excluding carboxylic acids is 1. The average molecular weight is 543 g/mol. The summed E-state index contributed by atoms with van der Waals surface area (Å²) in [5.74, 6) is -2.16. The number of anilines is 1. The smallest absolute Gasteiger partial charge is 0.475 e. The largest absolute Gasteiger partial charge is 0.490 e. The molecular weight excluding hydrogens is 509 g/mol. The molecule has 1 fully saturated rings. The minimum Gasteiger partial charge on any atom is -0.475 e. The number of hydrogen-bond donors (Lipinski definition) is 3. The van der Waals surface area contributed by atoms with Crippen LogP contribution in [0.15, 0.2) is 53.4 Å². The summed E-state index contributed by atoms with van der Waals surface area (Å²) in [4.78, 5) is 21.7. The van der Waals surface area contributed by atoms with E-state index in [0.29, 0.717) is 18.2 Å². The van der Waals surface area contributed by atoms with Crippen LogP contribution in [0.5, 0.6) is 0 Å². The molecule has 1 aliphatic carbocycles. The van der Waals surface area contributed by atoms with Gasteiger partial charge in [-0.05, 0) is 67.0 Å². The lowest BCUT2D eigenvalue weighted by atomic mass is 9.94. The fourth-order valence-corrected chi connectivity index (χ4v) is 4.73. The molecule has 0 aromatic heterocycles. The average Bonchev–Trinajstić information content (AvgIpc) is 3.61. The lowest BCUT2D eigenvalue weighted by Gasteiger charge is -2.16. The fourth-order valence-electron chi connectivity index (χ4n) is 3.67. The van der Waals surface area contributed by atoms with Crippen LogP contribution in [0.4, 0.5) is 18.9 Å². The molecule has 0 spiro atoms. The second-order valence-corrected chi connectivity index (χ2v) is 11.1. The van der Waals surface area contributed by atoms with Crippen molar-refractivity contribution in [3.8, 4) is 0 Å². The van der Waals surface area contributed by atoms with E-state index in [1.807, 2.05) is 24.3 Å².